The molecule has 0 aliphatic heterocycles. The Kier molecular flexibility index (Phi) is 5.34. The molecular weight excluding hydrogens is 267 g/mol. The second-order valence-electron chi connectivity index (χ2n) is 6.23. The van der Waals surface area contributed by atoms with Crippen LogP contribution in [0.1, 0.15) is 37.7 Å². The smallest absolute Gasteiger partial charge is 0.220 e. The van der Waals surface area contributed by atoms with Crippen LogP contribution in [0.15, 0.2) is 24.3 Å². The van der Waals surface area contributed by atoms with Crippen LogP contribution in [-0.2, 0) is 11.2 Å². The number of benzene rings is 1. The van der Waals surface area contributed by atoms with Gasteiger partial charge in [0.15, 0.2) is 0 Å². The first-order valence-corrected chi connectivity index (χ1v) is 7.70. The van der Waals surface area contributed by atoms with Crippen molar-refractivity contribution in [3.63, 3.8) is 0 Å². The fourth-order valence-corrected chi connectivity index (χ4v) is 3.12. The Morgan fingerprint density at radius 3 is 2.67 bits per heavy atom. The molecule has 0 spiro atoms. The third kappa shape index (κ3) is 4.27. The highest BCUT2D eigenvalue weighted by Crippen LogP contribution is 2.33. The number of hydrogen-bond donors (Lipinski definition) is 1. The molecule has 2 rings (SSSR count). The van der Waals surface area contributed by atoms with E-state index in [1.807, 2.05) is 6.07 Å². The fourth-order valence-electron chi connectivity index (χ4n) is 3.12. The Morgan fingerprint density at radius 1 is 1.33 bits per heavy atom. The molecule has 0 heterocycles. The molecule has 1 fully saturated rings. The minimum atomic E-state index is -0.245. The van der Waals surface area contributed by atoms with Crippen LogP contribution in [-0.4, -0.2) is 37.0 Å². The van der Waals surface area contributed by atoms with Crippen LogP contribution in [0.2, 0.25) is 0 Å². The van der Waals surface area contributed by atoms with Crippen LogP contribution in [0, 0.1) is 5.82 Å². The maximum Gasteiger partial charge on any atom is 0.220 e. The monoisotopic (exact) mass is 292 g/mol. The Balaban J connectivity index is 1.79. The lowest BCUT2D eigenvalue weighted by Gasteiger charge is -2.36. The van der Waals surface area contributed by atoms with Crippen molar-refractivity contribution in [1.82, 2.24) is 10.2 Å². The van der Waals surface area contributed by atoms with Crippen LogP contribution < -0.4 is 5.32 Å². The van der Waals surface area contributed by atoms with Crippen molar-refractivity contribution in [3.05, 3.63) is 35.6 Å². The molecule has 4 heteroatoms. The van der Waals surface area contributed by atoms with Gasteiger partial charge in [0.05, 0.1) is 0 Å². The van der Waals surface area contributed by atoms with E-state index in [1.54, 1.807) is 6.07 Å². The van der Waals surface area contributed by atoms with Gasteiger partial charge < -0.3 is 10.2 Å². The summed E-state index contributed by atoms with van der Waals surface area (Å²) in [6, 6.07) is 6.45. The molecule has 116 valence electrons. The predicted octanol–water partition coefficient (Wildman–Crippen LogP) is 2.75. The molecule has 1 aliphatic rings. The first-order chi connectivity index (χ1) is 10.0. The van der Waals surface area contributed by atoms with Crippen LogP contribution >= 0.6 is 0 Å². The predicted molar refractivity (Wildman–Crippen MR) is 82.6 cm³/mol. The highest BCUT2D eigenvalue weighted by atomic mass is 19.1. The molecule has 0 radical (unpaired) electrons. The standard InChI is InChI=1S/C17H25FN2O/c1-20(2)17(10-3-4-11-17)13-19-16(21)9-8-14-6-5-7-15(18)12-14/h5-7,12H,3-4,8-11,13H2,1-2H3,(H,19,21). The first kappa shape index (κ1) is 16.0. The quantitative estimate of drug-likeness (QED) is 0.874. The van der Waals surface area contributed by atoms with Gasteiger partial charge in [-0.15, -0.1) is 0 Å². The summed E-state index contributed by atoms with van der Waals surface area (Å²) in [4.78, 5) is 14.2. The normalized spacial score (nSPS) is 17.1. The summed E-state index contributed by atoms with van der Waals surface area (Å²) in [6.07, 6.45) is 5.74. The van der Waals surface area contributed by atoms with Crippen LogP contribution in [0.3, 0.4) is 0 Å². The molecule has 1 saturated carbocycles. The summed E-state index contributed by atoms with van der Waals surface area (Å²) < 4.78 is 13.1. The average Bonchev–Trinajstić information content (AvgIpc) is 2.93. The highest BCUT2D eigenvalue weighted by Gasteiger charge is 2.35. The molecule has 0 atom stereocenters. The third-order valence-electron chi connectivity index (χ3n) is 4.63. The summed E-state index contributed by atoms with van der Waals surface area (Å²) >= 11 is 0. The molecule has 1 N–H and O–H groups in total. The second kappa shape index (κ2) is 7.03. The molecule has 1 aromatic rings. The lowest BCUT2D eigenvalue weighted by molar-refractivity contribution is -0.121. The Hall–Kier alpha value is -1.42. The first-order valence-electron chi connectivity index (χ1n) is 7.70. The molecule has 1 amide bonds. The van der Waals surface area contributed by atoms with Crippen LogP contribution in [0.25, 0.3) is 0 Å². The number of likely N-dealkylation sites (N-methyl/N-ethyl adjacent to an activating group) is 1. The van der Waals surface area contributed by atoms with Crippen molar-refractivity contribution in [2.24, 2.45) is 0 Å². The lowest BCUT2D eigenvalue weighted by Crippen LogP contribution is -2.50. The molecule has 0 saturated heterocycles. The summed E-state index contributed by atoms with van der Waals surface area (Å²) in [7, 11) is 4.18. The van der Waals surface area contributed by atoms with Gasteiger partial charge in [0.25, 0.3) is 0 Å². The van der Waals surface area contributed by atoms with Crippen molar-refractivity contribution in [2.75, 3.05) is 20.6 Å². The number of nitrogens with one attached hydrogen (secondary N) is 1. The third-order valence-corrected chi connectivity index (χ3v) is 4.63. The van der Waals surface area contributed by atoms with Gasteiger partial charge in [-0.2, -0.15) is 0 Å². The Labute approximate surface area is 126 Å². The Bertz CT molecular complexity index is 481. The van der Waals surface area contributed by atoms with E-state index in [1.165, 1.54) is 25.0 Å². The zero-order chi connectivity index (χ0) is 15.3. The molecule has 0 unspecified atom stereocenters. The van der Waals surface area contributed by atoms with E-state index < -0.39 is 0 Å². The number of carbonyl (C=O) groups is 1. The average molecular weight is 292 g/mol. The molecule has 0 bridgehead atoms. The molecule has 3 nitrogen and oxygen atoms in total. The van der Waals surface area contributed by atoms with E-state index in [2.05, 4.69) is 24.3 Å². The molecule has 0 aromatic heterocycles. The van der Waals surface area contributed by atoms with Gasteiger partial charge in [0, 0.05) is 18.5 Å². The van der Waals surface area contributed by atoms with E-state index in [-0.39, 0.29) is 17.3 Å². The van der Waals surface area contributed by atoms with Crippen LogP contribution in [0.4, 0.5) is 4.39 Å². The summed E-state index contributed by atoms with van der Waals surface area (Å²) in [5, 5.41) is 3.06. The van der Waals surface area contributed by atoms with Crippen molar-refractivity contribution >= 4 is 5.91 Å². The highest BCUT2D eigenvalue weighted by molar-refractivity contribution is 5.76. The van der Waals surface area contributed by atoms with Crippen molar-refractivity contribution < 1.29 is 9.18 Å². The lowest BCUT2D eigenvalue weighted by atomic mass is 9.96. The number of carbonyl (C=O) groups excluding carboxylic acids is 1. The topological polar surface area (TPSA) is 32.3 Å². The maximum atomic E-state index is 13.1. The number of hydrogen-bond acceptors (Lipinski definition) is 2. The van der Waals surface area contributed by atoms with E-state index >= 15 is 0 Å². The number of aryl methyl sites for hydroxylation is 1. The number of rotatable bonds is 6. The van der Waals surface area contributed by atoms with Gasteiger partial charge in [0.2, 0.25) is 5.91 Å². The molecule has 1 aromatic carbocycles. The van der Waals surface area contributed by atoms with E-state index in [0.717, 1.165) is 18.4 Å². The molecule has 1 aliphatic carbocycles. The fraction of sp³-hybridized carbons (Fsp3) is 0.588. The van der Waals surface area contributed by atoms with Gasteiger partial charge >= 0.3 is 0 Å². The zero-order valence-corrected chi connectivity index (χ0v) is 13.0. The summed E-state index contributed by atoms with van der Waals surface area (Å²) in [5.74, 6) is -0.196. The second-order valence-corrected chi connectivity index (χ2v) is 6.23. The SMILES string of the molecule is CN(C)C1(CNC(=O)CCc2cccc(F)c2)CCCC1. The molecular formula is C17H25FN2O. The van der Waals surface area contributed by atoms with Gasteiger partial charge in [-0.1, -0.05) is 25.0 Å². The zero-order valence-electron chi connectivity index (χ0n) is 13.0. The number of amides is 1. The maximum absolute atomic E-state index is 13.1. The van der Waals surface area contributed by atoms with Crippen molar-refractivity contribution in [3.8, 4) is 0 Å². The van der Waals surface area contributed by atoms with E-state index in [9.17, 15) is 9.18 Å². The number of nitrogens with zero attached hydrogens (tertiary/aromatic N) is 1. The van der Waals surface area contributed by atoms with Gasteiger partial charge in [-0.3, -0.25) is 4.79 Å². The van der Waals surface area contributed by atoms with Crippen molar-refractivity contribution in [2.45, 2.75) is 44.1 Å². The van der Waals surface area contributed by atoms with Gasteiger partial charge in [-0.05, 0) is 51.1 Å². The van der Waals surface area contributed by atoms with Gasteiger partial charge in [0.1, 0.15) is 5.82 Å². The van der Waals surface area contributed by atoms with E-state index in [4.69, 9.17) is 0 Å². The van der Waals surface area contributed by atoms with Crippen LogP contribution in [0.5, 0.6) is 0 Å². The minimum absolute atomic E-state index is 0.0485. The summed E-state index contributed by atoms with van der Waals surface area (Å²) in [6.45, 7) is 0.710. The minimum Gasteiger partial charge on any atom is -0.354 e. The van der Waals surface area contributed by atoms with E-state index in [0.29, 0.717) is 19.4 Å². The number of halogens is 1. The van der Waals surface area contributed by atoms with Gasteiger partial charge in [-0.25, -0.2) is 4.39 Å². The summed E-state index contributed by atoms with van der Waals surface area (Å²) in [5.41, 5.74) is 0.988. The Morgan fingerprint density at radius 2 is 2.05 bits per heavy atom. The largest absolute Gasteiger partial charge is 0.354 e. The van der Waals surface area contributed by atoms with Crippen molar-refractivity contribution in [1.29, 1.82) is 0 Å². The molecule has 21 heavy (non-hydrogen) atoms.